The molecule has 0 N–H and O–H groups in total. The van der Waals surface area contributed by atoms with Crippen LogP contribution in [0.5, 0.6) is 0 Å². The molecule has 0 aliphatic carbocycles. The van der Waals surface area contributed by atoms with Gasteiger partial charge >= 0.3 is 0 Å². The highest BCUT2D eigenvalue weighted by Gasteiger charge is 2.28. The highest BCUT2D eigenvalue weighted by Crippen LogP contribution is 2.31. The van der Waals surface area contributed by atoms with Crippen molar-refractivity contribution in [1.29, 1.82) is 0 Å². The Labute approximate surface area is 164 Å². The fraction of sp³-hybridized carbons (Fsp3) is 0.304. The molecule has 0 bridgehead atoms. The van der Waals surface area contributed by atoms with Crippen LogP contribution in [0.4, 0.5) is 4.39 Å². The molecule has 2 heterocycles. The molecule has 4 nitrogen and oxygen atoms in total. The third-order valence-corrected chi connectivity index (χ3v) is 5.23. The lowest BCUT2D eigenvalue weighted by molar-refractivity contribution is 0.0734. The van der Waals surface area contributed by atoms with E-state index in [0.29, 0.717) is 30.8 Å². The third-order valence-electron chi connectivity index (χ3n) is 5.23. The number of nitrogens with zero attached hydrogens (tertiary/aromatic N) is 2. The van der Waals surface area contributed by atoms with Gasteiger partial charge in [-0.05, 0) is 47.4 Å². The number of rotatable bonds is 2. The molecule has 3 aromatic rings. The van der Waals surface area contributed by atoms with E-state index in [1.54, 1.807) is 12.1 Å². The van der Waals surface area contributed by atoms with Gasteiger partial charge in [0.1, 0.15) is 5.82 Å². The molecule has 0 unspecified atom stereocenters. The Kier molecular flexibility index (Phi) is 4.53. The molecule has 4 rings (SSSR count). The molecule has 1 aliphatic rings. The largest absolute Gasteiger partial charge is 0.356 e. The first-order valence-corrected chi connectivity index (χ1v) is 9.46. The average molecular weight is 378 g/mol. The van der Waals surface area contributed by atoms with Crippen LogP contribution in [0.2, 0.25) is 0 Å². The molecule has 1 amide bonds. The lowest BCUT2D eigenvalue weighted by Crippen LogP contribution is -2.36. The molecule has 5 heteroatoms. The molecule has 0 saturated heterocycles. The van der Waals surface area contributed by atoms with E-state index in [0.717, 1.165) is 16.8 Å². The van der Waals surface area contributed by atoms with Crippen LogP contribution in [-0.2, 0) is 18.4 Å². The summed E-state index contributed by atoms with van der Waals surface area (Å²) in [5, 5.41) is 4.15. The van der Waals surface area contributed by atoms with Gasteiger partial charge in [-0.3, -0.25) is 4.79 Å². The molecule has 28 heavy (non-hydrogen) atoms. The van der Waals surface area contributed by atoms with E-state index in [9.17, 15) is 9.18 Å². The maximum Gasteiger partial charge on any atom is 0.254 e. The zero-order valence-corrected chi connectivity index (χ0v) is 16.3. The molecule has 144 valence electrons. The lowest BCUT2D eigenvalue weighted by Gasteiger charge is -2.27. The van der Waals surface area contributed by atoms with Gasteiger partial charge in [0.25, 0.3) is 5.91 Å². The lowest BCUT2D eigenvalue weighted by atomic mass is 9.86. The Morgan fingerprint density at radius 1 is 1.07 bits per heavy atom. The molecule has 0 radical (unpaired) electrons. The van der Waals surface area contributed by atoms with Crippen molar-refractivity contribution in [1.82, 2.24) is 10.1 Å². The molecule has 1 aromatic heterocycles. The first-order valence-electron chi connectivity index (χ1n) is 9.46. The molecular weight excluding hydrogens is 355 g/mol. The maximum absolute atomic E-state index is 13.2. The van der Waals surface area contributed by atoms with Gasteiger partial charge in [-0.15, -0.1) is 0 Å². The topological polar surface area (TPSA) is 46.3 Å². The molecule has 0 spiro atoms. The second-order valence-electron chi connectivity index (χ2n) is 8.25. The zero-order chi connectivity index (χ0) is 19.9. The number of halogens is 1. The summed E-state index contributed by atoms with van der Waals surface area (Å²) >= 11 is 0. The number of amides is 1. The summed E-state index contributed by atoms with van der Waals surface area (Å²) in [4.78, 5) is 14.8. The van der Waals surface area contributed by atoms with Crippen LogP contribution in [0.3, 0.4) is 0 Å². The molecule has 1 aliphatic heterocycles. The summed E-state index contributed by atoms with van der Waals surface area (Å²) in [6.45, 7) is 7.49. The minimum absolute atomic E-state index is 0.00244. The van der Waals surface area contributed by atoms with E-state index >= 15 is 0 Å². The van der Waals surface area contributed by atoms with Gasteiger partial charge < -0.3 is 9.42 Å². The van der Waals surface area contributed by atoms with Crippen molar-refractivity contribution in [2.45, 2.75) is 39.2 Å². The van der Waals surface area contributed by atoms with Crippen LogP contribution >= 0.6 is 0 Å². The van der Waals surface area contributed by atoms with Crippen LogP contribution in [0.15, 0.2) is 53.1 Å². The number of carbonyl (C=O) groups excluding carboxylic acids is 1. The monoisotopic (exact) mass is 378 g/mol. The minimum atomic E-state index is -0.298. The minimum Gasteiger partial charge on any atom is -0.356 e. The Morgan fingerprint density at radius 2 is 1.75 bits per heavy atom. The fourth-order valence-electron chi connectivity index (χ4n) is 3.51. The Hall–Kier alpha value is -2.95. The second kappa shape index (κ2) is 6.89. The number of fused-ring (bicyclic) bond motifs is 1. The van der Waals surface area contributed by atoms with Gasteiger partial charge in [0.15, 0.2) is 5.76 Å². The summed E-state index contributed by atoms with van der Waals surface area (Å²) in [7, 11) is 0. The van der Waals surface area contributed by atoms with Crippen molar-refractivity contribution in [3.8, 4) is 11.3 Å². The smallest absolute Gasteiger partial charge is 0.254 e. The van der Waals surface area contributed by atoms with Crippen molar-refractivity contribution in [3.05, 3.63) is 76.7 Å². The van der Waals surface area contributed by atoms with Crippen LogP contribution in [0.25, 0.3) is 11.3 Å². The highest BCUT2D eigenvalue weighted by molar-refractivity contribution is 5.94. The van der Waals surface area contributed by atoms with Gasteiger partial charge in [0, 0.05) is 29.7 Å². The average Bonchev–Trinajstić information content (AvgIpc) is 3.10. The first-order chi connectivity index (χ1) is 13.3. The van der Waals surface area contributed by atoms with Crippen LogP contribution in [0.1, 0.15) is 48.0 Å². The van der Waals surface area contributed by atoms with Gasteiger partial charge in [0.2, 0.25) is 0 Å². The fourth-order valence-corrected chi connectivity index (χ4v) is 3.51. The highest BCUT2D eigenvalue weighted by atomic mass is 19.1. The van der Waals surface area contributed by atoms with Crippen molar-refractivity contribution in [3.63, 3.8) is 0 Å². The van der Waals surface area contributed by atoms with Crippen molar-refractivity contribution >= 4 is 5.91 Å². The van der Waals surface area contributed by atoms with Crippen LogP contribution < -0.4 is 0 Å². The predicted octanol–water partition coefficient (Wildman–Crippen LogP) is 4.98. The summed E-state index contributed by atoms with van der Waals surface area (Å²) in [5.41, 5.74) is 4.45. The van der Waals surface area contributed by atoms with Gasteiger partial charge in [-0.1, -0.05) is 38.1 Å². The standard InChI is InChI=1S/C23H23FN2O2/c1-23(2,3)17-8-4-16(5-9-17)22(27)26-13-12-20-19(14-26)21(28-25-20)15-6-10-18(24)11-7-15/h4-11H,12-14H2,1-3H3. The quantitative estimate of drug-likeness (QED) is 0.632. The van der Waals surface area contributed by atoms with Gasteiger partial charge in [-0.2, -0.15) is 0 Å². The summed E-state index contributed by atoms with van der Waals surface area (Å²) in [5.74, 6) is 0.306. The van der Waals surface area contributed by atoms with Crippen molar-refractivity contribution in [2.75, 3.05) is 6.54 Å². The number of benzene rings is 2. The molecule has 2 aromatic carbocycles. The van der Waals surface area contributed by atoms with Crippen molar-refractivity contribution in [2.24, 2.45) is 0 Å². The normalized spacial score (nSPS) is 14.1. The van der Waals surface area contributed by atoms with Gasteiger partial charge in [-0.25, -0.2) is 4.39 Å². The molecular formula is C23H23FN2O2. The number of carbonyl (C=O) groups is 1. The van der Waals surface area contributed by atoms with E-state index in [2.05, 4.69) is 25.9 Å². The van der Waals surface area contributed by atoms with E-state index in [4.69, 9.17) is 4.52 Å². The molecule has 0 atom stereocenters. The number of aromatic nitrogens is 1. The Bertz CT molecular complexity index is 999. The Balaban J connectivity index is 1.57. The van der Waals surface area contributed by atoms with Gasteiger partial charge in [0.05, 0.1) is 12.2 Å². The van der Waals surface area contributed by atoms with E-state index < -0.39 is 0 Å². The zero-order valence-electron chi connectivity index (χ0n) is 16.3. The third kappa shape index (κ3) is 3.44. The predicted molar refractivity (Wildman–Crippen MR) is 105 cm³/mol. The number of hydrogen-bond donors (Lipinski definition) is 0. The van der Waals surface area contributed by atoms with Crippen molar-refractivity contribution < 1.29 is 13.7 Å². The number of hydrogen-bond acceptors (Lipinski definition) is 3. The summed E-state index contributed by atoms with van der Waals surface area (Å²) in [6, 6.07) is 14.0. The first kappa shape index (κ1) is 18.4. The molecule has 0 saturated carbocycles. The van der Waals surface area contributed by atoms with E-state index in [1.807, 2.05) is 29.2 Å². The van der Waals surface area contributed by atoms with Crippen LogP contribution in [-0.4, -0.2) is 22.5 Å². The van der Waals surface area contributed by atoms with E-state index in [-0.39, 0.29) is 17.1 Å². The SMILES string of the molecule is CC(C)(C)c1ccc(C(=O)N2CCc3noc(-c4ccc(F)cc4)c3C2)cc1. The Morgan fingerprint density at radius 3 is 2.39 bits per heavy atom. The summed E-state index contributed by atoms with van der Waals surface area (Å²) < 4.78 is 18.7. The summed E-state index contributed by atoms with van der Waals surface area (Å²) in [6.07, 6.45) is 0.645. The van der Waals surface area contributed by atoms with E-state index in [1.165, 1.54) is 17.7 Å². The molecule has 0 fully saturated rings. The second-order valence-corrected chi connectivity index (χ2v) is 8.25. The maximum atomic E-state index is 13.2. The van der Waals surface area contributed by atoms with Crippen LogP contribution in [0, 0.1) is 5.82 Å².